The zero-order valence-electron chi connectivity index (χ0n) is 24.4. The van der Waals surface area contributed by atoms with Crippen molar-refractivity contribution < 1.29 is 26.9 Å². The van der Waals surface area contributed by atoms with E-state index in [1.165, 1.54) is 18.3 Å². The van der Waals surface area contributed by atoms with Gasteiger partial charge in [0.1, 0.15) is 5.82 Å². The van der Waals surface area contributed by atoms with Gasteiger partial charge < -0.3 is 18.9 Å². The van der Waals surface area contributed by atoms with Crippen LogP contribution in [-0.4, -0.2) is 47.1 Å². The lowest BCUT2D eigenvalue weighted by Gasteiger charge is -2.27. The zero-order chi connectivity index (χ0) is 29.0. The maximum atomic E-state index is 14.7. The second-order valence-corrected chi connectivity index (χ2v) is 8.40. The molecule has 176 valence electrons. The lowest BCUT2D eigenvalue weighted by Crippen LogP contribution is -2.36. The molecule has 2 aromatic heterocycles. The summed E-state index contributed by atoms with van der Waals surface area (Å²) in [6.45, 7) is 0.975. The maximum Gasteiger partial charge on any atom is 0.263 e. The van der Waals surface area contributed by atoms with Gasteiger partial charge in [-0.25, -0.2) is 4.39 Å². The van der Waals surface area contributed by atoms with E-state index in [1.54, 1.807) is 28.8 Å². The molecular formula is C26H26FN3O4. The third-order valence-corrected chi connectivity index (χ3v) is 6.38. The van der Waals surface area contributed by atoms with Gasteiger partial charge in [-0.05, 0) is 49.6 Å². The van der Waals surface area contributed by atoms with Crippen LogP contribution in [-0.2, 0) is 7.05 Å². The summed E-state index contributed by atoms with van der Waals surface area (Å²) in [6.07, 6.45) is 5.57. The van der Waals surface area contributed by atoms with Gasteiger partial charge >= 0.3 is 0 Å². The fourth-order valence-electron chi connectivity index (χ4n) is 4.64. The average Bonchev–Trinajstić information content (AvgIpc) is 3.23. The monoisotopic (exact) mass is 469 g/mol. The van der Waals surface area contributed by atoms with Crippen LogP contribution in [0.3, 0.4) is 0 Å². The van der Waals surface area contributed by atoms with Crippen LogP contribution in [0.15, 0.2) is 47.5 Å². The van der Waals surface area contributed by atoms with Crippen molar-refractivity contribution in [3.63, 3.8) is 0 Å². The zero-order valence-corrected chi connectivity index (χ0v) is 18.4. The first kappa shape index (κ1) is 15.9. The van der Waals surface area contributed by atoms with Crippen molar-refractivity contribution in [3.8, 4) is 17.2 Å². The number of amides is 1. The van der Waals surface area contributed by atoms with E-state index in [-0.39, 0.29) is 22.0 Å². The number of benzene rings is 2. The van der Waals surface area contributed by atoms with Crippen LogP contribution in [0, 0.1) is 5.82 Å². The fraction of sp³-hybridized carbons (Fsp3) is 0.308. The number of aryl methyl sites for hydroxylation is 1. The third-order valence-electron chi connectivity index (χ3n) is 6.38. The van der Waals surface area contributed by atoms with Crippen LogP contribution in [0.1, 0.15) is 37.8 Å². The minimum absolute atomic E-state index is 0.0423. The van der Waals surface area contributed by atoms with Gasteiger partial charge in [0.25, 0.3) is 11.5 Å². The highest BCUT2D eigenvalue weighted by atomic mass is 19.1. The van der Waals surface area contributed by atoms with Crippen molar-refractivity contribution in [2.24, 2.45) is 7.05 Å². The molecule has 4 aromatic rings. The number of piperidine rings is 1. The number of carbonyl (C=O) groups is 1. The molecular weight excluding hydrogens is 437 g/mol. The normalized spacial score (nSPS) is 17.4. The summed E-state index contributed by atoms with van der Waals surface area (Å²) in [6, 6.07) is 6.40. The topological polar surface area (TPSA) is 65.7 Å². The summed E-state index contributed by atoms with van der Waals surface area (Å²) in [5, 5.41) is 0.464. The summed E-state index contributed by atoms with van der Waals surface area (Å²) in [4.78, 5) is 29.4. The predicted octanol–water partition coefficient (Wildman–Crippen LogP) is 4.26. The van der Waals surface area contributed by atoms with Crippen LogP contribution < -0.4 is 15.0 Å². The molecule has 0 N–H and O–H groups in total. The number of ether oxygens (including phenoxy) is 2. The first-order valence-corrected chi connectivity index (χ1v) is 10.9. The smallest absolute Gasteiger partial charge is 0.263 e. The largest absolute Gasteiger partial charge is 0.493 e. The lowest BCUT2D eigenvalue weighted by molar-refractivity contribution is 0.0725. The Bertz CT molecular complexity index is 1690. The Hall–Kier alpha value is -3.81. The quantitative estimate of drug-likeness (QED) is 0.448. The molecule has 2 aromatic carbocycles. The molecule has 5 rings (SSSR count). The molecule has 8 heteroatoms. The molecule has 1 aliphatic rings. The number of nitrogens with zero attached hydrogens (tertiary/aromatic N) is 3. The minimum Gasteiger partial charge on any atom is -0.493 e. The molecule has 1 amide bonds. The van der Waals surface area contributed by atoms with Crippen molar-refractivity contribution in [1.82, 2.24) is 14.0 Å². The number of halogens is 1. The predicted molar refractivity (Wildman–Crippen MR) is 129 cm³/mol. The third kappa shape index (κ3) is 3.50. The Morgan fingerprint density at radius 3 is 2.41 bits per heavy atom. The highest BCUT2D eigenvalue weighted by Crippen LogP contribution is 2.34. The van der Waals surface area contributed by atoms with Gasteiger partial charge in [0.05, 0.1) is 44.5 Å². The number of methoxy groups -OCH3 is 2. The molecule has 1 aliphatic heterocycles. The summed E-state index contributed by atoms with van der Waals surface area (Å²) in [7, 11) is -4.25. The molecule has 0 aliphatic carbocycles. The first-order valence-electron chi connectivity index (χ1n) is 13.9. The number of likely N-dealkylation sites (tertiary alicyclic amines) is 1. The van der Waals surface area contributed by atoms with Crippen LogP contribution >= 0.6 is 0 Å². The lowest BCUT2D eigenvalue weighted by atomic mass is 10.0. The van der Waals surface area contributed by atoms with E-state index < -0.39 is 42.9 Å². The summed E-state index contributed by atoms with van der Waals surface area (Å²) >= 11 is 0. The summed E-state index contributed by atoms with van der Waals surface area (Å²) in [5.74, 6) is -2.00. The molecule has 0 unspecified atom stereocenters. The number of carbonyl (C=O) groups excluding carboxylic acids is 1. The van der Waals surface area contributed by atoms with Gasteiger partial charge in [-0.15, -0.1) is 0 Å². The van der Waals surface area contributed by atoms with Crippen LogP contribution in [0.5, 0.6) is 11.5 Å². The second kappa shape index (κ2) is 8.52. The number of hydrogen-bond donors (Lipinski definition) is 0. The minimum atomic E-state index is -3.00. The van der Waals surface area contributed by atoms with Gasteiger partial charge in [0.15, 0.2) is 11.5 Å². The number of hydrogen-bond acceptors (Lipinski definition) is 4. The standard InChI is InChI=1S/C26H26FN3O4/c1-28-10-7-17-21(28)11-16(27)12-22(17)30-15-20(25(31)29-8-5-4-6-9-29)18-13-23(33-2)24(34-3)14-19(18)26(30)32/h7,10-15H,4-6,8-9H2,1-3H3/i2D3,3D3. The molecule has 0 spiro atoms. The Kier molecular flexibility index (Phi) is 3.99. The van der Waals surface area contributed by atoms with E-state index in [0.717, 1.165) is 36.0 Å². The Balaban J connectivity index is 1.84. The number of rotatable bonds is 4. The molecule has 34 heavy (non-hydrogen) atoms. The number of aromatic nitrogens is 2. The summed E-state index contributed by atoms with van der Waals surface area (Å²) < 4.78 is 72.8. The van der Waals surface area contributed by atoms with E-state index >= 15 is 0 Å². The second-order valence-electron chi connectivity index (χ2n) is 8.40. The Morgan fingerprint density at radius 1 is 1.00 bits per heavy atom. The Morgan fingerprint density at radius 2 is 1.71 bits per heavy atom. The molecule has 3 heterocycles. The van der Waals surface area contributed by atoms with Gasteiger partial charge in [-0.1, -0.05) is 0 Å². The summed E-state index contributed by atoms with van der Waals surface area (Å²) in [5.41, 5.74) is 0.0347. The van der Waals surface area contributed by atoms with Gasteiger partial charge in [-0.3, -0.25) is 14.2 Å². The van der Waals surface area contributed by atoms with Crippen LogP contribution in [0.2, 0.25) is 0 Å². The van der Waals surface area contributed by atoms with Crippen molar-refractivity contribution >= 4 is 27.6 Å². The van der Waals surface area contributed by atoms with Gasteiger partial charge in [-0.2, -0.15) is 0 Å². The van der Waals surface area contributed by atoms with Crippen molar-refractivity contribution in [2.45, 2.75) is 19.3 Å². The van der Waals surface area contributed by atoms with Crippen molar-refractivity contribution in [1.29, 1.82) is 0 Å². The Labute approximate surface area is 204 Å². The number of fused-ring (bicyclic) bond motifs is 2. The molecule has 1 saturated heterocycles. The molecule has 0 saturated carbocycles. The van der Waals surface area contributed by atoms with Gasteiger partial charge in [0.2, 0.25) is 0 Å². The van der Waals surface area contributed by atoms with E-state index in [4.69, 9.17) is 17.7 Å². The van der Waals surface area contributed by atoms with E-state index in [0.29, 0.717) is 24.0 Å². The molecule has 0 atom stereocenters. The molecule has 1 fully saturated rings. The average molecular weight is 470 g/mol. The van der Waals surface area contributed by atoms with Crippen molar-refractivity contribution in [2.75, 3.05) is 27.2 Å². The van der Waals surface area contributed by atoms with Crippen molar-refractivity contribution in [3.05, 3.63) is 64.5 Å². The molecule has 7 nitrogen and oxygen atoms in total. The maximum absolute atomic E-state index is 14.7. The van der Waals surface area contributed by atoms with Gasteiger partial charge in [0, 0.05) is 43.3 Å². The number of pyridine rings is 1. The van der Waals surface area contributed by atoms with Crippen LogP contribution in [0.4, 0.5) is 4.39 Å². The van der Waals surface area contributed by atoms with E-state index in [1.807, 2.05) is 0 Å². The van der Waals surface area contributed by atoms with E-state index in [9.17, 15) is 14.0 Å². The molecule has 0 bridgehead atoms. The highest BCUT2D eigenvalue weighted by Gasteiger charge is 2.24. The molecule has 0 radical (unpaired) electrons. The highest BCUT2D eigenvalue weighted by molar-refractivity contribution is 6.07. The first-order chi connectivity index (χ1) is 18.7. The van der Waals surface area contributed by atoms with Crippen LogP contribution in [0.25, 0.3) is 27.4 Å². The fourth-order valence-corrected chi connectivity index (χ4v) is 4.64. The SMILES string of the molecule is [2H]C([2H])([2H])Oc1cc2c(C(=O)N3CCCCC3)cn(-c3cc(F)cc4c3ccn4C)c(=O)c2cc1OC([2H])([2H])[2H]. The van der Waals surface area contributed by atoms with E-state index in [2.05, 4.69) is 0 Å².